The van der Waals surface area contributed by atoms with E-state index in [9.17, 15) is 4.79 Å². The van der Waals surface area contributed by atoms with Gasteiger partial charge >= 0.3 is 0 Å². The molecule has 0 aliphatic heterocycles. The zero-order valence-corrected chi connectivity index (χ0v) is 14.2. The molecule has 22 heavy (non-hydrogen) atoms. The molecule has 122 valence electrons. The van der Waals surface area contributed by atoms with Crippen LogP contribution in [-0.4, -0.2) is 24.7 Å². The molecule has 2 rings (SSSR count). The topological polar surface area (TPSA) is 47.6 Å². The summed E-state index contributed by atoms with van der Waals surface area (Å²) >= 11 is 6.19. The summed E-state index contributed by atoms with van der Waals surface area (Å²) in [5.41, 5.74) is -0.107. The van der Waals surface area contributed by atoms with Gasteiger partial charge in [0.25, 0.3) is 5.91 Å². The van der Waals surface area contributed by atoms with Crippen molar-refractivity contribution in [3.63, 3.8) is 0 Å². The maximum Gasteiger partial charge on any atom is 0.256 e. The van der Waals surface area contributed by atoms with Crippen LogP contribution in [0.15, 0.2) is 18.2 Å². The van der Waals surface area contributed by atoms with Crippen molar-refractivity contribution in [2.45, 2.75) is 45.6 Å². The van der Waals surface area contributed by atoms with Gasteiger partial charge in [-0.15, -0.1) is 0 Å². The van der Waals surface area contributed by atoms with Gasteiger partial charge in [0.1, 0.15) is 11.4 Å². The molecular formula is C17H24ClNO3. The Morgan fingerprint density at radius 3 is 2.68 bits per heavy atom. The van der Waals surface area contributed by atoms with Gasteiger partial charge in [-0.3, -0.25) is 4.79 Å². The zero-order chi connectivity index (χ0) is 16.2. The molecule has 1 aliphatic carbocycles. The van der Waals surface area contributed by atoms with Crippen LogP contribution in [0.4, 0.5) is 5.69 Å². The summed E-state index contributed by atoms with van der Waals surface area (Å²) in [6.07, 6.45) is 2.99. The Labute approximate surface area is 137 Å². The van der Waals surface area contributed by atoms with Crippen LogP contribution in [0.5, 0.6) is 5.75 Å². The van der Waals surface area contributed by atoms with E-state index in [-0.39, 0.29) is 5.91 Å². The van der Waals surface area contributed by atoms with Crippen molar-refractivity contribution in [2.75, 3.05) is 18.5 Å². The lowest BCUT2D eigenvalue weighted by Crippen LogP contribution is -2.44. The molecule has 1 fully saturated rings. The van der Waals surface area contributed by atoms with Gasteiger partial charge < -0.3 is 14.8 Å². The van der Waals surface area contributed by atoms with Crippen molar-refractivity contribution in [1.82, 2.24) is 0 Å². The Balaban J connectivity index is 2.06. The molecule has 1 amide bonds. The molecule has 1 aliphatic rings. The molecule has 0 aromatic heterocycles. The number of carbonyl (C=O) groups is 1. The molecule has 0 saturated heterocycles. The van der Waals surface area contributed by atoms with E-state index < -0.39 is 5.60 Å². The number of anilines is 1. The van der Waals surface area contributed by atoms with Gasteiger partial charge in [0.2, 0.25) is 0 Å². The third-order valence-corrected chi connectivity index (χ3v) is 4.20. The molecule has 1 saturated carbocycles. The van der Waals surface area contributed by atoms with Gasteiger partial charge in [-0.05, 0) is 57.2 Å². The van der Waals surface area contributed by atoms with Gasteiger partial charge in [-0.2, -0.15) is 0 Å². The highest BCUT2D eigenvalue weighted by Gasteiger charge is 2.48. The fourth-order valence-corrected chi connectivity index (χ4v) is 2.70. The number of hydrogen-bond donors (Lipinski definition) is 1. The quantitative estimate of drug-likeness (QED) is 0.776. The van der Waals surface area contributed by atoms with Crippen LogP contribution in [0, 0.1) is 5.92 Å². The van der Waals surface area contributed by atoms with Crippen molar-refractivity contribution in [2.24, 2.45) is 5.92 Å². The molecule has 0 bridgehead atoms. The number of carbonyl (C=O) groups excluding carboxylic acids is 1. The minimum Gasteiger partial charge on any atom is -0.492 e. The first-order valence-corrected chi connectivity index (χ1v) is 8.26. The van der Waals surface area contributed by atoms with Crippen LogP contribution in [0.1, 0.15) is 40.0 Å². The molecule has 1 aromatic rings. The van der Waals surface area contributed by atoms with Gasteiger partial charge in [0, 0.05) is 12.3 Å². The number of amides is 1. The van der Waals surface area contributed by atoms with Crippen molar-refractivity contribution < 1.29 is 14.3 Å². The van der Waals surface area contributed by atoms with Gasteiger partial charge in [-0.1, -0.05) is 18.5 Å². The van der Waals surface area contributed by atoms with Crippen LogP contribution >= 0.6 is 11.6 Å². The van der Waals surface area contributed by atoms with Gasteiger partial charge in [0.05, 0.1) is 11.6 Å². The maximum absolute atomic E-state index is 12.6. The highest BCUT2D eigenvalue weighted by Crippen LogP contribution is 2.42. The number of rotatable bonds is 8. The van der Waals surface area contributed by atoms with Crippen molar-refractivity contribution in [3.05, 3.63) is 23.2 Å². The summed E-state index contributed by atoms with van der Waals surface area (Å²) in [6.45, 7) is 6.95. The van der Waals surface area contributed by atoms with Crippen LogP contribution in [0.3, 0.4) is 0 Å². The molecule has 4 nitrogen and oxygen atoms in total. The fourth-order valence-electron chi connectivity index (χ4n) is 2.47. The zero-order valence-electron chi connectivity index (χ0n) is 13.4. The Kier molecular flexibility index (Phi) is 5.70. The SMILES string of the molecule is CCCOc1ccc(NC(=O)C(C)(OCC)C2CC2)cc1Cl. The average molecular weight is 326 g/mol. The number of benzene rings is 1. The highest BCUT2D eigenvalue weighted by molar-refractivity contribution is 6.32. The van der Waals surface area contributed by atoms with E-state index in [1.165, 1.54) is 0 Å². The smallest absolute Gasteiger partial charge is 0.256 e. The lowest BCUT2D eigenvalue weighted by molar-refractivity contribution is -0.141. The predicted octanol–water partition coefficient (Wildman–Crippen LogP) is 4.27. The van der Waals surface area contributed by atoms with E-state index in [1.54, 1.807) is 18.2 Å². The summed E-state index contributed by atoms with van der Waals surface area (Å²) in [4.78, 5) is 12.6. The standard InChI is InChI=1S/C17H24ClNO3/c1-4-10-21-15-9-8-13(11-14(15)18)19-16(20)17(3,22-5-2)12-6-7-12/h8-9,11-12H,4-7,10H2,1-3H3,(H,19,20). The number of nitrogens with one attached hydrogen (secondary N) is 1. The van der Waals surface area contributed by atoms with Crippen molar-refractivity contribution in [1.29, 1.82) is 0 Å². The highest BCUT2D eigenvalue weighted by atomic mass is 35.5. The summed E-state index contributed by atoms with van der Waals surface area (Å²) < 4.78 is 11.3. The van der Waals surface area contributed by atoms with E-state index >= 15 is 0 Å². The Morgan fingerprint density at radius 1 is 1.41 bits per heavy atom. The largest absolute Gasteiger partial charge is 0.492 e. The monoisotopic (exact) mass is 325 g/mol. The third kappa shape index (κ3) is 3.93. The normalized spacial score (nSPS) is 16.9. The summed E-state index contributed by atoms with van der Waals surface area (Å²) in [7, 11) is 0. The van der Waals surface area contributed by atoms with Gasteiger partial charge in [-0.25, -0.2) is 0 Å². The first kappa shape index (κ1) is 17.1. The Hall–Kier alpha value is -1.26. The summed E-state index contributed by atoms with van der Waals surface area (Å²) in [6, 6.07) is 5.29. The van der Waals surface area contributed by atoms with Crippen LogP contribution < -0.4 is 10.1 Å². The second-order valence-corrected chi connectivity index (χ2v) is 6.17. The van der Waals surface area contributed by atoms with E-state index in [0.29, 0.717) is 35.6 Å². The third-order valence-electron chi connectivity index (χ3n) is 3.90. The van der Waals surface area contributed by atoms with Crippen LogP contribution in [-0.2, 0) is 9.53 Å². The molecule has 1 N–H and O–H groups in total. The van der Waals surface area contributed by atoms with E-state index in [0.717, 1.165) is 19.3 Å². The minimum atomic E-state index is -0.765. The number of ether oxygens (including phenoxy) is 2. The van der Waals surface area contributed by atoms with E-state index in [2.05, 4.69) is 5.32 Å². The lowest BCUT2D eigenvalue weighted by atomic mass is 9.99. The number of halogens is 1. The molecule has 0 spiro atoms. The molecule has 1 aromatic carbocycles. The van der Waals surface area contributed by atoms with E-state index in [1.807, 2.05) is 20.8 Å². The summed E-state index contributed by atoms with van der Waals surface area (Å²) in [5, 5.41) is 3.40. The fraction of sp³-hybridized carbons (Fsp3) is 0.588. The Bertz CT molecular complexity index is 531. The Morgan fingerprint density at radius 2 is 2.14 bits per heavy atom. The van der Waals surface area contributed by atoms with E-state index in [4.69, 9.17) is 21.1 Å². The number of hydrogen-bond acceptors (Lipinski definition) is 3. The first-order valence-electron chi connectivity index (χ1n) is 7.89. The molecule has 1 unspecified atom stereocenters. The molecule has 1 atom stereocenters. The van der Waals surface area contributed by atoms with Crippen molar-refractivity contribution >= 4 is 23.2 Å². The lowest BCUT2D eigenvalue weighted by Gasteiger charge is -2.28. The molecule has 0 radical (unpaired) electrons. The second kappa shape index (κ2) is 7.34. The van der Waals surface area contributed by atoms with Crippen LogP contribution in [0.2, 0.25) is 5.02 Å². The molecule has 0 heterocycles. The minimum absolute atomic E-state index is 0.116. The average Bonchev–Trinajstić information content (AvgIpc) is 3.31. The predicted molar refractivity (Wildman–Crippen MR) is 88.6 cm³/mol. The second-order valence-electron chi connectivity index (χ2n) is 5.76. The van der Waals surface area contributed by atoms with Gasteiger partial charge in [0.15, 0.2) is 0 Å². The maximum atomic E-state index is 12.6. The molecular weight excluding hydrogens is 302 g/mol. The van der Waals surface area contributed by atoms with Crippen LogP contribution in [0.25, 0.3) is 0 Å². The van der Waals surface area contributed by atoms with Crippen molar-refractivity contribution in [3.8, 4) is 5.75 Å². The first-order chi connectivity index (χ1) is 10.5. The molecule has 5 heteroatoms. The summed E-state index contributed by atoms with van der Waals surface area (Å²) in [5.74, 6) is 0.821.